The van der Waals surface area contributed by atoms with Gasteiger partial charge in [0.1, 0.15) is 11.5 Å². The third kappa shape index (κ3) is 4.82. The van der Waals surface area contributed by atoms with Crippen molar-refractivity contribution in [2.45, 2.75) is 6.92 Å². The molecule has 3 rings (SSSR count). The van der Waals surface area contributed by atoms with E-state index in [1.165, 1.54) is 6.21 Å². The zero-order valence-corrected chi connectivity index (χ0v) is 15.3. The van der Waals surface area contributed by atoms with Gasteiger partial charge in [0.05, 0.1) is 18.9 Å². The molecule has 0 unspecified atom stereocenters. The van der Waals surface area contributed by atoms with Crippen molar-refractivity contribution in [2.75, 3.05) is 7.11 Å². The molecule has 0 saturated carbocycles. The topological polar surface area (TPSA) is 106 Å². The van der Waals surface area contributed by atoms with Gasteiger partial charge in [0.2, 0.25) is 0 Å². The Morgan fingerprint density at radius 1 is 1.07 bits per heavy atom. The molecule has 1 amide bonds. The van der Waals surface area contributed by atoms with E-state index >= 15 is 0 Å². The van der Waals surface area contributed by atoms with E-state index in [1.54, 1.807) is 68.6 Å². The maximum absolute atomic E-state index is 12.1. The molecule has 0 fully saturated rings. The van der Waals surface area contributed by atoms with Crippen LogP contribution in [0.3, 0.4) is 0 Å². The minimum atomic E-state index is -0.467. The largest absolute Gasteiger partial charge is 0.497 e. The number of nitrogens with zero attached hydrogens (tertiary/aromatic N) is 2. The van der Waals surface area contributed by atoms with E-state index in [-0.39, 0.29) is 5.69 Å². The van der Waals surface area contributed by atoms with Gasteiger partial charge in [-0.25, -0.2) is 10.2 Å². The van der Waals surface area contributed by atoms with E-state index in [2.05, 4.69) is 20.7 Å². The number of ether oxygens (including phenoxy) is 2. The predicted octanol–water partition coefficient (Wildman–Crippen LogP) is 2.71. The number of amides is 1. The number of H-pyrrole nitrogens is 1. The zero-order valence-electron chi connectivity index (χ0n) is 15.3. The molecule has 1 aromatic heterocycles. The Bertz CT molecular complexity index is 992. The number of hydrogen-bond donors (Lipinski definition) is 2. The summed E-state index contributed by atoms with van der Waals surface area (Å²) in [5.74, 6) is 0.181. The van der Waals surface area contributed by atoms with Gasteiger partial charge in [0, 0.05) is 5.69 Å². The van der Waals surface area contributed by atoms with Crippen LogP contribution in [0.5, 0.6) is 11.5 Å². The Hall–Kier alpha value is -3.94. The monoisotopic (exact) mass is 378 g/mol. The molecule has 1 heterocycles. The summed E-state index contributed by atoms with van der Waals surface area (Å²) in [6, 6.07) is 15.0. The van der Waals surface area contributed by atoms with Crippen molar-refractivity contribution in [1.29, 1.82) is 0 Å². The number of benzene rings is 2. The highest BCUT2D eigenvalue weighted by molar-refractivity contribution is 5.93. The lowest BCUT2D eigenvalue weighted by molar-refractivity contribution is 0.0734. The number of hydrazone groups is 1. The molecule has 0 spiro atoms. The van der Waals surface area contributed by atoms with Gasteiger partial charge in [-0.15, -0.1) is 0 Å². The van der Waals surface area contributed by atoms with Gasteiger partial charge in [-0.2, -0.15) is 10.2 Å². The molecule has 0 radical (unpaired) electrons. The molecule has 0 aliphatic rings. The Morgan fingerprint density at radius 2 is 1.75 bits per heavy atom. The summed E-state index contributed by atoms with van der Waals surface area (Å²) in [4.78, 5) is 24.0. The fourth-order valence-electron chi connectivity index (χ4n) is 2.27. The summed E-state index contributed by atoms with van der Waals surface area (Å²) in [5.41, 5.74) is 4.58. The second kappa shape index (κ2) is 8.63. The number of hydrogen-bond acceptors (Lipinski definition) is 6. The van der Waals surface area contributed by atoms with Crippen molar-refractivity contribution in [1.82, 2.24) is 15.6 Å². The van der Waals surface area contributed by atoms with Gasteiger partial charge in [0.15, 0.2) is 5.69 Å². The molecule has 0 saturated heterocycles. The summed E-state index contributed by atoms with van der Waals surface area (Å²) in [6.45, 7) is 1.80. The highest BCUT2D eigenvalue weighted by atomic mass is 16.5. The average molecular weight is 378 g/mol. The Morgan fingerprint density at radius 3 is 2.36 bits per heavy atom. The molecule has 0 bridgehead atoms. The lowest BCUT2D eigenvalue weighted by Gasteiger charge is -2.05. The zero-order chi connectivity index (χ0) is 19.9. The molecule has 142 valence electrons. The smallest absolute Gasteiger partial charge is 0.343 e. The molecule has 0 aliphatic heterocycles. The van der Waals surface area contributed by atoms with Gasteiger partial charge in [-0.05, 0) is 67.1 Å². The highest BCUT2D eigenvalue weighted by Gasteiger charge is 2.09. The highest BCUT2D eigenvalue weighted by Crippen LogP contribution is 2.16. The molecule has 8 heteroatoms. The van der Waals surface area contributed by atoms with Crippen LogP contribution < -0.4 is 14.9 Å². The molecule has 2 aromatic carbocycles. The van der Waals surface area contributed by atoms with E-state index in [0.29, 0.717) is 17.1 Å². The van der Waals surface area contributed by atoms with Gasteiger partial charge in [0.25, 0.3) is 5.91 Å². The molecular formula is C20H18N4O4. The Labute approximate surface area is 161 Å². The van der Waals surface area contributed by atoms with Crippen molar-refractivity contribution < 1.29 is 19.1 Å². The number of nitrogens with one attached hydrogen (secondary N) is 2. The summed E-state index contributed by atoms with van der Waals surface area (Å²) < 4.78 is 10.4. The molecule has 0 atom stereocenters. The van der Waals surface area contributed by atoms with E-state index in [0.717, 1.165) is 11.3 Å². The minimum absolute atomic E-state index is 0.260. The van der Waals surface area contributed by atoms with Gasteiger partial charge < -0.3 is 9.47 Å². The lowest BCUT2D eigenvalue weighted by Crippen LogP contribution is -2.18. The fraction of sp³-hybridized carbons (Fsp3) is 0.100. The standard InChI is InChI=1S/C20H18N4O4/c1-13-11-18(23-22-13)19(25)24-21-12-14-3-7-17(8-4-14)28-20(26)15-5-9-16(27-2)10-6-15/h3-12H,1-2H3,(H,22,23)(H,24,25)/b21-12+. The van der Waals surface area contributed by atoms with Crippen molar-refractivity contribution in [3.8, 4) is 11.5 Å². The molecule has 2 N–H and O–H groups in total. The van der Waals surface area contributed by atoms with Crippen LogP contribution in [0, 0.1) is 6.92 Å². The lowest BCUT2D eigenvalue weighted by atomic mass is 10.2. The summed E-state index contributed by atoms with van der Waals surface area (Å²) >= 11 is 0. The number of carbonyl (C=O) groups excluding carboxylic acids is 2. The van der Waals surface area contributed by atoms with Crippen LogP contribution in [0.2, 0.25) is 0 Å². The number of aryl methyl sites for hydroxylation is 1. The molecule has 8 nitrogen and oxygen atoms in total. The number of methoxy groups -OCH3 is 1. The van der Waals surface area contributed by atoms with Crippen LogP contribution in [0.15, 0.2) is 59.7 Å². The SMILES string of the molecule is COc1ccc(C(=O)Oc2ccc(/C=N/NC(=O)c3cc(C)[nH]n3)cc2)cc1. The minimum Gasteiger partial charge on any atom is -0.497 e. The van der Waals surface area contributed by atoms with Gasteiger partial charge >= 0.3 is 5.97 Å². The van der Waals surface area contributed by atoms with Crippen LogP contribution in [-0.4, -0.2) is 35.4 Å². The first-order chi connectivity index (χ1) is 13.5. The quantitative estimate of drug-likeness (QED) is 0.297. The van der Waals surface area contributed by atoms with E-state index in [1.807, 2.05) is 0 Å². The Balaban J connectivity index is 1.55. The number of aromatic nitrogens is 2. The number of carbonyl (C=O) groups is 2. The normalized spacial score (nSPS) is 10.6. The van der Waals surface area contributed by atoms with Crippen LogP contribution >= 0.6 is 0 Å². The molecule has 3 aromatic rings. The number of esters is 1. The first-order valence-corrected chi connectivity index (χ1v) is 8.37. The van der Waals surface area contributed by atoms with Crippen LogP contribution in [-0.2, 0) is 0 Å². The van der Waals surface area contributed by atoms with E-state index < -0.39 is 11.9 Å². The number of aromatic amines is 1. The molecule has 0 aliphatic carbocycles. The second-order valence-corrected chi connectivity index (χ2v) is 5.82. The van der Waals surface area contributed by atoms with Crippen molar-refractivity contribution in [3.63, 3.8) is 0 Å². The van der Waals surface area contributed by atoms with Crippen molar-refractivity contribution in [3.05, 3.63) is 77.1 Å². The van der Waals surface area contributed by atoms with Gasteiger partial charge in [-0.1, -0.05) is 0 Å². The summed E-state index contributed by atoms with van der Waals surface area (Å²) in [6.07, 6.45) is 1.48. The summed E-state index contributed by atoms with van der Waals surface area (Å²) in [7, 11) is 1.56. The third-order valence-corrected chi connectivity index (χ3v) is 3.73. The van der Waals surface area contributed by atoms with Crippen molar-refractivity contribution in [2.24, 2.45) is 5.10 Å². The van der Waals surface area contributed by atoms with Crippen LogP contribution in [0.4, 0.5) is 0 Å². The maximum atomic E-state index is 12.1. The van der Waals surface area contributed by atoms with Crippen LogP contribution in [0.25, 0.3) is 0 Å². The first kappa shape index (κ1) is 18.8. The van der Waals surface area contributed by atoms with E-state index in [4.69, 9.17) is 9.47 Å². The van der Waals surface area contributed by atoms with Crippen LogP contribution in [0.1, 0.15) is 32.1 Å². The Kier molecular flexibility index (Phi) is 5.81. The van der Waals surface area contributed by atoms with Crippen molar-refractivity contribution >= 4 is 18.1 Å². The maximum Gasteiger partial charge on any atom is 0.343 e. The fourth-order valence-corrected chi connectivity index (χ4v) is 2.27. The molecular weight excluding hydrogens is 360 g/mol. The predicted molar refractivity (Wildman–Crippen MR) is 103 cm³/mol. The number of rotatable bonds is 6. The molecule has 28 heavy (non-hydrogen) atoms. The first-order valence-electron chi connectivity index (χ1n) is 8.37. The average Bonchev–Trinajstić information content (AvgIpc) is 3.16. The third-order valence-electron chi connectivity index (χ3n) is 3.73. The second-order valence-electron chi connectivity index (χ2n) is 5.82. The van der Waals surface area contributed by atoms with Gasteiger partial charge in [-0.3, -0.25) is 9.89 Å². The van der Waals surface area contributed by atoms with E-state index in [9.17, 15) is 9.59 Å². The summed E-state index contributed by atoms with van der Waals surface area (Å²) in [5, 5.41) is 10.4.